The van der Waals surface area contributed by atoms with Gasteiger partial charge in [-0.15, -0.1) is 12.4 Å². The van der Waals surface area contributed by atoms with E-state index in [1.807, 2.05) is 0 Å². The Morgan fingerprint density at radius 3 is 2.58 bits per heavy atom. The molecule has 1 amide bonds. The van der Waals surface area contributed by atoms with Crippen LogP contribution in [0.3, 0.4) is 0 Å². The summed E-state index contributed by atoms with van der Waals surface area (Å²) in [6, 6.07) is 12.3. The van der Waals surface area contributed by atoms with Crippen molar-refractivity contribution in [2.45, 2.75) is 24.9 Å². The largest absolute Gasteiger partial charge is 0.322 e. The minimum Gasteiger partial charge on any atom is -0.322 e. The third kappa shape index (κ3) is 3.14. The lowest BCUT2D eigenvalue weighted by atomic mass is 10.0. The van der Waals surface area contributed by atoms with Crippen molar-refractivity contribution in [3.63, 3.8) is 0 Å². The van der Waals surface area contributed by atoms with Gasteiger partial charge in [0.15, 0.2) is 5.82 Å². The summed E-state index contributed by atoms with van der Waals surface area (Å²) in [5.41, 5.74) is 1.19. The van der Waals surface area contributed by atoms with Gasteiger partial charge in [-0.25, -0.2) is 4.39 Å². The SMILES string of the molecule is Cl.O=C(Nc1cccc(-c2ccccc2Cl)c1F)C1CC2CC2N1. The molecule has 2 N–H and O–H groups in total. The van der Waals surface area contributed by atoms with Gasteiger partial charge in [0.1, 0.15) is 0 Å². The smallest absolute Gasteiger partial charge is 0.241 e. The molecule has 2 aliphatic rings. The van der Waals surface area contributed by atoms with Gasteiger partial charge in [0, 0.05) is 22.2 Å². The van der Waals surface area contributed by atoms with E-state index >= 15 is 0 Å². The van der Waals surface area contributed by atoms with Crippen LogP contribution in [0.1, 0.15) is 12.8 Å². The van der Waals surface area contributed by atoms with E-state index in [9.17, 15) is 9.18 Å². The number of benzene rings is 2. The second-order valence-electron chi connectivity index (χ2n) is 6.19. The van der Waals surface area contributed by atoms with Crippen molar-refractivity contribution >= 4 is 35.6 Å². The van der Waals surface area contributed by atoms with Gasteiger partial charge in [0.2, 0.25) is 5.91 Å². The van der Waals surface area contributed by atoms with Gasteiger partial charge >= 0.3 is 0 Å². The van der Waals surface area contributed by atoms with Crippen LogP contribution in [-0.4, -0.2) is 18.0 Å². The highest BCUT2D eigenvalue weighted by atomic mass is 35.5. The van der Waals surface area contributed by atoms with Gasteiger partial charge in [-0.1, -0.05) is 41.9 Å². The summed E-state index contributed by atoms with van der Waals surface area (Å²) in [4.78, 5) is 12.3. The number of hydrogen-bond acceptors (Lipinski definition) is 2. The molecule has 4 rings (SSSR count). The van der Waals surface area contributed by atoms with Crippen molar-refractivity contribution in [3.8, 4) is 11.1 Å². The van der Waals surface area contributed by atoms with E-state index in [0.29, 0.717) is 28.1 Å². The highest BCUT2D eigenvalue weighted by Crippen LogP contribution is 2.41. The molecule has 2 aromatic rings. The van der Waals surface area contributed by atoms with E-state index in [-0.39, 0.29) is 30.0 Å². The number of hydrogen-bond donors (Lipinski definition) is 2. The van der Waals surface area contributed by atoms with Crippen molar-refractivity contribution in [1.82, 2.24) is 5.32 Å². The average molecular weight is 367 g/mol. The molecule has 3 atom stereocenters. The van der Waals surface area contributed by atoms with Crippen LogP contribution in [0.25, 0.3) is 11.1 Å². The number of amides is 1. The predicted octanol–water partition coefficient (Wildman–Crippen LogP) is 4.26. The lowest BCUT2D eigenvalue weighted by Gasteiger charge is -2.15. The van der Waals surface area contributed by atoms with Gasteiger partial charge in [0.25, 0.3) is 0 Å². The van der Waals surface area contributed by atoms with Crippen LogP contribution in [0.4, 0.5) is 10.1 Å². The zero-order chi connectivity index (χ0) is 16.0. The summed E-state index contributed by atoms with van der Waals surface area (Å²) in [5, 5.41) is 6.45. The molecular formula is C18H17Cl2FN2O. The molecule has 2 fully saturated rings. The van der Waals surface area contributed by atoms with Crippen LogP contribution < -0.4 is 10.6 Å². The zero-order valence-electron chi connectivity index (χ0n) is 12.8. The molecule has 1 saturated heterocycles. The number of carbonyl (C=O) groups is 1. The molecule has 126 valence electrons. The number of piperidine rings is 1. The van der Waals surface area contributed by atoms with Crippen LogP contribution in [0.15, 0.2) is 42.5 Å². The Bertz CT molecular complexity index is 773. The molecule has 0 bridgehead atoms. The molecule has 1 aliphatic carbocycles. The maximum absolute atomic E-state index is 14.8. The topological polar surface area (TPSA) is 41.1 Å². The first-order chi connectivity index (χ1) is 11.1. The molecule has 1 saturated carbocycles. The Labute approximate surface area is 151 Å². The molecule has 0 aromatic heterocycles. The van der Waals surface area contributed by atoms with Crippen molar-refractivity contribution in [2.24, 2.45) is 5.92 Å². The summed E-state index contributed by atoms with van der Waals surface area (Å²) in [7, 11) is 0. The molecule has 6 heteroatoms. The Kier molecular flexibility index (Phi) is 4.81. The number of anilines is 1. The molecular weight excluding hydrogens is 350 g/mol. The average Bonchev–Trinajstić information content (AvgIpc) is 3.16. The van der Waals surface area contributed by atoms with E-state index in [1.165, 1.54) is 0 Å². The van der Waals surface area contributed by atoms with Gasteiger partial charge in [-0.05, 0) is 30.9 Å². The summed E-state index contributed by atoms with van der Waals surface area (Å²) < 4.78 is 14.8. The molecule has 0 radical (unpaired) electrons. The highest BCUT2D eigenvalue weighted by molar-refractivity contribution is 6.33. The third-order valence-electron chi connectivity index (χ3n) is 4.61. The van der Waals surface area contributed by atoms with E-state index < -0.39 is 5.82 Å². The van der Waals surface area contributed by atoms with Gasteiger partial charge < -0.3 is 10.6 Å². The summed E-state index contributed by atoms with van der Waals surface area (Å²) >= 11 is 6.15. The maximum atomic E-state index is 14.8. The van der Waals surface area contributed by atoms with E-state index in [4.69, 9.17) is 11.6 Å². The number of halogens is 3. The zero-order valence-corrected chi connectivity index (χ0v) is 14.3. The number of rotatable bonds is 3. The molecule has 1 heterocycles. The maximum Gasteiger partial charge on any atom is 0.241 e. The minimum atomic E-state index is -0.461. The van der Waals surface area contributed by atoms with Crippen LogP contribution in [0.5, 0.6) is 0 Å². The monoisotopic (exact) mass is 366 g/mol. The second kappa shape index (κ2) is 6.71. The Morgan fingerprint density at radius 2 is 1.88 bits per heavy atom. The molecule has 0 spiro atoms. The van der Waals surface area contributed by atoms with Crippen LogP contribution in [0, 0.1) is 11.7 Å². The van der Waals surface area contributed by atoms with Crippen molar-refractivity contribution in [2.75, 3.05) is 5.32 Å². The van der Waals surface area contributed by atoms with Gasteiger partial charge in [-0.2, -0.15) is 0 Å². The first-order valence-electron chi connectivity index (χ1n) is 7.74. The van der Waals surface area contributed by atoms with Crippen LogP contribution in [0.2, 0.25) is 5.02 Å². The normalized spacial score (nSPS) is 24.0. The first-order valence-corrected chi connectivity index (χ1v) is 8.11. The lowest BCUT2D eigenvalue weighted by molar-refractivity contribution is -0.118. The molecule has 24 heavy (non-hydrogen) atoms. The number of nitrogens with one attached hydrogen (secondary N) is 2. The Hall–Kier alpha value is -1.62. The Balaban J connectivity index is 0.00000169. The molecule has 1 aliphatic heterocycles. The fourth-order valence-corrected chi connectivity index (χ4v) is 3.50. The summed E-state index contributed by atoms with van der Waals surface area (Å²) in [5.74, 6) is -0.0189. The van der Waals surface area contributed by atoms with E-state index in [0.717, 1.165) is 12.8 Å². The number of fused-ring (bicyclic) bond motifs is 1. The molecule has 2 aromatic carbocycles. The van der Waals surface area contributed by atoms with Crippen molar-refractivity contribution in [3.05, 3.63) is 53.3 Å². The van der Waals surface area contributed by atoms with Gasteiger partial charge in [-0.3, -0.25) is 4.79 Å². The second-order valence-corrected chi connectivity index (χ2v) is 6.60. The first kappa shape index (κ1) is 17.2. The minimum absolute atomic E-state index is 0. The van der Waals surface area contributed by atoms with Crippen LogP contribution in [-0.2, 0) is 4.79 Å². The summed E-state index contributed by atoms with van der Waals surface area (Å²) in [6.07, 6.45) is 1.99. The lowest BCUT2D eigenvalue weighted by Crippen LogP contribution is -2.38. The predicted molar refractivity (Wildman–Crippen MR) is 96.2 cm³/mol. The van der Waals surface area contributed by atoms with E-state index in [1.54, 1.807) is 42.5 Å². The summed E-state index contributed by atoms with van der Waals surface area (Å²) in [6.45, 7) is 0. The third-order valence-corrected chi connectivity index (χ3v) is 4.94. The number of carbonyl (C=O) groups excluding carboxylic acids is 1. The van der Waals surface area contributed by atoms with Crippen LogP contribution >= 0.6 is 24.0 Å². The highest BCUT2D eigenvalue weighted by Gasteiger charge is 2.47. The fraction of sp³-hybridized carbons (Fsp3) is 0.278. The standard InChI is InChI=1S/C18H16ClFN2O.ClH/c19-13-6-2-1-4-11(13)12-5-3-7-14(17(12)20)22-18(23)16-9-10-8-15(10)21-16;/h1-7,10,15-16,21H,8-9H2,(H,22,23);1H. The molecule has 3 unspecified atom stereocenters. The fourth-order valence-electron chi connectivity index (χ4n) is 3.26. The van der Waals surface area contributed by atoms with Crippen molar-refractivity contribution < 1.29 is 9.18 Å². The van der Waals surface area contributed by atoms with Gasteiger partial charge in [0.05, 0.1) is 11.7 Å². The van der Waals surface area contributed by atoms with E-state index in [2.05, 4.69) is 10.6 Å². The van der Waals surface area contributed by atoms with Crippen molar-refractivity contribution in [1.29, 1.82) is 0 Å². The molecule has 3 nitrogen and oxygen atoms in total. The Morgan fingerprint density at radius 1 is 1.12 bits per heavy atom. The quantitative estimate of drug-likeness (QED) is 0.851.